The van der Waals surface area contributed by atoms with Gasteiger partial charge in [-0.2, -0.15) is 0 Å². The van der Waals surface area contributed by atoms with Crippen LogP contribution < -0.4 is 27.8 Å². The van der Waals surface area contributed by atoms with Crippen LogP contribution in [-0.2, 0) is 20.8 Å². The molecule has 2 atom stereocenters. The van der Waals surface area contributed by atoms with Crippen molar-refractivity contribution in [2.45, 2.75) is 31.3 Å². The first-order valence-corrected chi connectivity index (χ1v) is 11.9. The smallest absolute Gasteiger partial charge is 0.246 e. The lowest BCUT2D eigenvalue weighted by molar-refractivity contribution is -0.134. The number of carbonyl (C=O) groups is 3. The molecule has 0 radical (unpaired) electrons. The predicted molar refractivity (Wildman–Crippen MR) is 137 cm³/mol. The van der Waals surface area contributed by atoms with Gasteiger partial charge in [0.15, 0.2) is 0 Å². The Kier molecular flexibility index (Phi) is 11.9. The number of aromatic nitrogens is 1. The quantitative estimate of drug-likeness (QED) is 0.243. The number of aryl methyl sites for hydroxylation is 1. The van der Waals surface area contributed by atoms with Crippen LogP contribution in [0.1, 0.15) is 18.4 Å². The highest BCUT2D eigenvalue weighted by molar-refractivity contribution is 6.33. The van der Waals surface area contributed by atoms with E-state index in [0.29, 0.717) is 31.6 Å². The van der Waals surface area contributed by atoms with E-state index in [-0.39, 0.29) is 35.7 Å². The summed E-state index contributed by atoms with van der Waals surface area (Å²) in [5.41, 5.74) is 18.4. The second-order valence-corrected chi connectivity index (χ2v) is 8.62. The van der Waals surface area contributed by atoms with E-state index in [1.54, 1.807) is 0 Å². The van der Waals surface area contributed by atoms with Crippen LogP contribution in [-0.4, -0.2) is 65.9 Å². The summed E-state index contributed by atoms with van der Waals surface area (Å²) in [6.45, 7) is 1.14. The highest BCUT2D eigenvalue weighted by atomic mass is 35.5. The van der Waals surface area contributed by atoms with Gasteiger partial charge in [-0.3, -0.25) is 14.4 Å². The van der Waals surface area contributed by atoms with Crippen molar-refractivity contribution in [1.82, 2.24) is 15.2 Å². The Bertz CT molecular complexity index is 968. The maximum absolute atomic E-state index is 13.0. The summed E-state index contributed by atoms with van der Waals surface area (Å²) < 4.78 is 0. The Morgan fingerprint density at radius 1 is 0.971 bits per heavy atom. The number of hydrogen-bond donors (Lipinski definition) is 5. The Balaban J connectivity index is 2.10. The molecule has 0 aliphatic rings. The number of hydrogen-bond acceptors (Lipinski definition) is 7. The molecule has 0 spiro atoms. The van der Waals surface area contributed by atoms with Crippen molar-refractivity contribution in [1.29, 1.82) is 0 Å². The second kappa shape index (κ2) is 14.6. The molecule has 10 nitrogen and oxygen atoms in total. The first kappa shape index (κ1) is 28.5. The van der Waals surface area contributed by atoms with E-state index in [9.17, 15) is 14.4 Å². The molecule has 3 amide bonds. The van der Waals surface area contributed by atoms with Crippen molar-refractivity contribution >= 4 is 46.6 Å². The second-order valence-electron chi connectivity index (χ2n) is 7.84. The van der Waals surface area contributed by atoms with Crippen molar-refractivity contribution in [2.24, 2.45) is 17.2 Å². The normalized spacial score (nSPS) is 12.5. The number of benzene rings is 1. The van der Waals surface area contributed by atoms with Crippen LogP contribution in [0.15, 0.2) is 42.5 Å². The summed E-state index contributed by atoms with van der Waals surface area (Å²) in [6.07, 6.45) is 0.571. The number of amides is 3. The van der Waals surface area contributed by atoms with Gasteiger partial charge in [0.25, 0.3) is 0 Å². The monoisotopic (exact) mass is 523 g/mol. The molecule has 1 heterocycles. The molecule has 190 valence electrons. The number of carbonyl (C=O) groups excluding carboxylic acids is 3. The van der Waals surface area contributed by atoms with E-state index < -0.39 is 23.9 Å². The molecule has 2 rings (SSSR count). The number of nitrogens with two attached hydrogens (primary N) is 3. The molecule has 0 fully saturated rings. The van der Waals surface area contributed by atoms with Crippen molar-refractivity contribution in [3.05, 3.63) is 58.3 Å². The van der Waals surface area contributed by atoms with Crippen LogP contribution in [0.5, 0.6) is 0 Å². The summed E-state index contributed by atoms with van der Waals surface area (Å²) in [5, 5.41) is 5.58. The van der Waals surface area contributed by atoms with E-state index in [4.69, 9.17) is 40.4 Å². The highest BCUT2D eigenvalue weighted by Crippen LogP contribution is 2.19. The van der Waals surface area contributed by atoms with Crippen LogP contribution in [0, 0.1) is 0 Å². The van der Waals surface area contributed by atoms with Gasteiger partial charge in [0.1, 0.15) is 16.3 Å². The fourth-order valence-electron chi connectivity index (χ4n) is 3.35. The van der Waals surface area contributed by atoms with Crippen molar-refractivity contribution in [3.63, 3.8) is 0 Å². The third-order valence-electron chi connectivity index (χ3n) is 5.11. The number of rotatable bonds is 13. The first-order chi connectivity index (χ1) is 16.7. The molecule has 2 aromatic rings. The molecule has 2 unspecified atom stereocenters. The third-order valence-corrected chi connectivity index (χ3v) is 5.50. The molecule has 0 aliphatic carbocycles. The summed E-state index contributed by atoms with van der Waals surface area (Å²) in [5.74, 6) is -1.45. The van der Waals surface area contributed by atoms with Crippen LogP contribution in [0.3, 0.4) is 0 Å². The van der Waals surface area contributed by atoms with Gasteiger partial charge in [-0.05, 0) is 30.5 Å². The Labute approximate surface area is 214 Å². The summed E-state index contributed by atoms with van der Waals surface area (Å²) in [4.78, 5) is 43.7. The van der Waals surface area contributed by atoms with Crippen molar-refractivity contribution in [2.75, 3.05) is 31.5 Å². The molecule has 0 saturated carbocycles. The maximum atomic E-state index is 13.0. The molecule has 0 saturated heterocycles. The van der Waals surface area contributed by atoms with Crippen molar-refractivity contribution < 1.29 is 14.4 Å². The van der Waals surface area contributed by atoms with E-state index in [2.05, 4.69) is 15.6 Å². The number of nitrogens with one attached hydrogen (secondary N) is 2. The minimum Gasteiger partial charge on any atom is -0.343 e. The molecule has 35 heavy (non-hydrogen) atoms. The van der Waals surface area contributed by atoms with E-state index >= 15 is 0 Å². The van der Waals surface area contributed by atoms with E-state index in [1.165, 1.54) is 17.0 Å². The Morgan fingerprint density at radius 3 is 2.14 bits per heavy atom. The molecule has 0 bridgehead atoms. The van der Waals surface area contributed by atoms with Gasteiger partial charge in [-0.15, -0.1) is 0 Å². The Hall–Kier alpha value is -2.76. The van der Waals surface area contributed by atoms with Gasteiger partial charge in [0.05, 0.1) is 12.5 Å². The van der Waals surface area contributed by atoms with Crippen molar-refractivity contribution in [3.8, 4) is 0 Å². The zero-order valence-corrected chi connectivity index (χ0v) is 20.8. The minimum atomic E-state index is -1.16. The number of pyridine rings is 1. The summed E-state index contributed by atoms with van der Waals surface area (Å²) in [6, 6.07) is 10.3. The number of nitrogens with zero attached hydrogens (tertiary/aromatic N) is 2. The SMILES string of the molecule is NCCN(CCN)C(=O)CC(N)C(=O)NC(CCc1ccccc1)C(=O)Nc1cc(Cl)nc(Cl)c1. The Morgan fingerprint density at radius 2 is 1.57 bits per heavy atom. The van der Waals surface area contributed by atoms with E-state index in [0.717, 1.165) is 5.56 Å². The van der Waals surface area contributed by atoms with E-state index in [1.807, 2.05) is 30.3 Å². The zero-order valence-electron chi connectivity index (χ0n) is 19.3. The number of anilines is 1. The molecule has 12 heteroatoms. The lowest BCUT2D eigenvalue weighted by Crippen LogP contribution is -2.52. The minimum absolute atomic E-state index is 0.109. The standard InChI is InChI=1S/C23H31Cl2N7O3/c24-19-12-16(13-20(25)31-19)29-23(35)18(7-6-15-4-2-1-3-5-15)30-22(34)17(28)14-21(33)32(10-8-26)11-9-27/h1-5,12-13,17-18H,6-11,14,26-28H2,(H,30,34)(H,29,31,35). The van der Waals surface area contributed by atoms with Crippen LogP contribution >= 0.6 is 23.2 Å². The summed E-state index contributed by atoms with van der Waals surface area (Å²) in [7, 11) is 0. The molecular formula is C23H31Cl2N7O3. The first-order valence-electron chi connectivity index (χ1n) is 11.1. The van der Waals surface area contributed by atoms with Crippen LogP contribution in [0.25, 0.3) is 0 Å². The molecule has 1 aromatic heterocycles. The molecule has 8 N–H and O–H groups in total. The third kappa shape index (κ3) is 9.79. The van der Waals surface area contributed by atoms with Gasteiger partial charge in [0, 0.05) is 31.9 Å². The fourth-order valence-corrected chi connectivity index (χ4v) is 3.81. The maximum Gasteiger partial charge on any atom is 0.246 e. The fraction of sp³-hybridized carbons (Fsp3) is 0.391. The lowest BCUT2D eigenvalue weighted by atomic mass is 10.0. The van der Waals surface area contributed by atoms with Gasteiger partial charge < -0.3 is 32.7 Å². The van der Waals surface area contributed by atoms with Crippen LogP contribution in [0.2, 0.25) is 10.3 Å². The number of halogens is 2. The molecular weight excluding hydrogens is 493 g/mol. The highest BCUT2D eigenvalue weighted by Gasteiger charge is 2.26. The average molecular weight is 524 g/mol. The molecule has 0 aliphatic heterocycles. The zero-order chi connectivity index (χ0) is 25.8. The van der Waals surface area contributed by atoms with Gasteiger partial charge in [0.2, 0.25) is 17.7 Å². The predicted octanol–water partition coefficient (Wildman–Crippen LogP) is 0.908. The largest absolute Gasteiger partial charge is 0.343 e. The van der Waals surface area contributed by atoms with Gasteiger partial charge in [-0.1, -0.05) is 53.5 Å². The van der Waals surface area contributed by atoms with Gasteiger partial charge >= 0.3 is 0 Å². The van der Waals surface area contributed by atoms with Crippen LogP contribution in [0.4, 0.5) is 5.69 Å². The lowest BCUT2D eigenvalue weighted by Gasteiger charge is -2.24. The average Bonchev–Trinajstić information content (AvgIpc) is 2.81. The van der Waals surface area contributed by atoms with Gasteiger partial charge in [-0.25, -0.2) is 4.98 Å². The topological polar surface area (TPSA) is 169 Å². The summed E-state index contributed by atoms with van der Waals surface area (Å²) >= 11 is 11.8. The molecule has 1 aromatic carbocycles.